The number of aliphatic hydroxyl groups excluding tert-OH is 1. The number of nitrogens with zero attached hydrogens (tertiary/aromatic N) is 4. The minimum absolute atomic E-state index is 0.0546. The van der Waals surface area contributed by atoms with Gasteiger partial charge >= 0.3 is 0 Å². The molecule has 1 amide bonds. The number of aromatic nitrogens is 3. The summed E-state index contributed by atoms with van der Waals surface area (Å²) in [5.41, 5.74) is 1.84. The summed E-state index contributed by atoms with van der Waals surface area (Å²) in [4.78, 5) is 23.7. The van der Waals surface area contributed by atoms with E-state index >= 15 is 0 Å². The monoisotopic (exact) mass is 410 g/mol. The predicted octanol–water partition coefficient (Wildman–Crippen LogP) is 2.40. The summed E-state index contributed by atoms with van der Waals surface area (Å²) in [6.07, 6.45) is 3.55. The van der Waals surface area contributed by atoms with Crippen molar-refractivity contribution in [3.8, 4) is 5.75 Å². The van der Waals surface area contributed by atoms with Crippen LogP contribution in [0.3, 0.4) is 0 Å². The highest BCUT2D eigenvalue weighted by atomic mass is 19.1. The van der Waals surface area contributed by atoms with Gasteiger partial charge in [0, 0.05) is 26.3 Å². The smallest absolute Gasteiger partial charge is 0.256 e. The number of carbonyl (C=O) groups excluding carboxylic acids is 1. The van der Waals surface area contributed by atoms with E-state index in [1.165, 1.54) is 12.1 Å². The van der Waals surface area contributed by atoms with Gasteiger partial charge in [-0.25, -0.2) is 14.4 Å². The van der Waals surface area contributed by atoms with Gasteiger partial charge in [-0.2, -0.15) is 0 Å². The lowest BCUT2D eigenvalue weighted by Crippen LogP contribution is -2.42. The number of hydrogen-bond acceptors (Lipinski definition) is 5. The van der Waals surface area contributed by atoms with Gasteiger partial charge in [0.05, 0.1) is 18.0 Å². The van der Waals surface area contributed by atoms with Gasteiger partial charge in [0.2, 0.25) is 0 Å². The first-order valence-electron chi connectivity index (χ1n) is 10.1. The highest BCUT2D eigenvalue weighted by Crippen LogP contribution is 2.38. The zero-order chi connectivity index (χ0) is 20.8. The normalized spacial score (nSPS) is 26.0. The molecule has 7 nitrogen and oxygen atoms in total. The van der Waals surface area contributed by atoms with Crippen molar-refractivity contribution in [2.75, 3.05) is 13.1 Å². The number of carbonyl (C=O) groups is 1. The number of aliphatic hydroxyl groups is 1. The van der Waals surface area contributed by atoms with E-state index in [2.05, 4.69) is 9.97 Å². The van der Waals surface area contributed by atoms with Crippen LogP contribution in [0, 0.1) is 17.7 Å². The van der Waals surface area contributed by atoms with Crippen LogP contribution in [-0.2, 0) is 7.05 Å². The average Bonchev–Trinajstić information content (AvgIpc) is 3.33. The predicted molar refractivity (Wildman–Crippen MR) is 107 cm³/mol. The lowest BCUT2D eigenvalue weighted by molar-refractivity contribution is -0.0231. The standard InChI is InChI=1S/C22H23FN4O3/c1-26-12-25-20-17(6-7-24-21(20)26)22(29)27-10-13-8-18(28)19(9-14(13)11-27)30-16-4-2-15(23)3-5-16/h2-7,12-14,18-19,28H,8-11H2,1H3/t13-,14+,18+,19+/m0/s1. The second-order valence-corrected chi connectivity index (χ2v) is 8.27. The first kappa shape index (κ1) is 19.0. The number of imidazole rings is 1. The first-order valence-corrected chi connectivity index (χ1v) is 10.1. The summed E-state index contributed by atoms with van der Waals surface area (Å²) in [6.45, 7) is 1.23. The van der Waals surface area contributed by atoms with E-state index in [-0.39, 0.29) is 29.7 Å². The Morgan fingerprint density at radius 2 is 1.87 bits per heavy atom. The molecule has 156 valence electrons. The average molecular weight is 410 g/mol. The van der Waals surface area contributed by atoms with E-state index in [0.29, 0.717) is 48.4 Å². The van der Waals surface area contributed by atoms with Gasteiger partial charge in [0.1, 0.15) is 23.2 Å². The van der Waals surface area contributed by atoms with E-state index in [9.17, 15) is 14.3 Å². The number of halogens is 1. The molecule has 30 heavy (non-hydrogen) atoms. The molecular formula is C22H23FN4O3. The fourth-order valence-electron chi connectivity index (χ4n) is 4.74. The molecule has 1 aliphatic heterocycles. The molecule has 1 saturated carbocycles. The molecule has 1 aromatic carbocycles. The number of aryl methyl sites for hydroxylation is 1. The van der Waals surface area contributed by atoms with Gasteiger partial charge in [0.15, 0.2) is 5.65 Å². The molecule has 1 saturated heterocycles. The molecule has 3 aromatic rings. The van der Waals surface area contributed by atoms with E-state index in [1.807, 2.05) is 11.9 Å². The third kappa shape index (κ3) is 3.31. The summed E-state index contributed by atoms with van der Waals surface area (Å²) in [5.74, 6) is 0.650. The SMILES string of the molecule is Cn1cnc2c(C(=O)N3C[C@H]4C[C@@H](Oc5ccc(F)cc5)[C@H](O)C[C@H]4C3)ccnc21. The van der Waals surface area contributed by atoms with Crippen molar-refractivity contribution in [1.29, 1.82) is 0 Å². The summed E-state index contributed by atoms with van der Waals surface area (Å²) >= 11 is 0. The molecule has 0 radical (unpaired) electrons. The zero-order valence-corrected chi connectivity index (χ0v) is 16.6. The van der Waals surface area contributed by atoms with Gasteiger partial charge in [-0.1, -0.05) is 0 Å². The Bertz CT molecular complexity index is 1080. The number of benzene rings is 1. The molecule has 2 aliphatic rings. The molecule has 2 fully saturated rings. The molecule has 1 N–H and O–H groups in total. The Morgan fingerprint density at radius 3 is 2.63 bits per heavy atom. The number of ether oxygens (including phenoxy) is 1. The third-order valence-electron chi connectivity index (χ3n) is 6.30. The highest BCUT2D eigenvalue weighted by molar-refractivity contribution is 6.04. The van der Waals surface area contributed by atoms with Crippen molar-refractivity contribution in [1.82, 2.24) is 19.4 Å². The molecular weight excluding hydrogens is 387 g/mol. The molecule has 1 aliphatic carbocycles. The maximum Gasteiger partial charge on any atom is 0.256 e. The summed E-state index contributed by atoms with van der Waals surface area (Å²) in [6, 6.07) is 7.54. The quantitative estimate of drug-likeness (QED) is 0.717. The molecule has 2 aromatic heterocycles. The zero-order valence-electron chi connectivity index (χ0n) is 16.6. The van der Waals surface area contributed by atoms with Gasteiger partial charge in [-0.05, 0) is 55.0 Å². The van der Waals surface area contributed by atoms with Crippen LogP contribution >= 0.6 is 0 Å². The van der Waals surface area contributed by atoms with Crippen LogP contribution in [0.15, 0.2) is 42.9 Å². The van der Waals surface area contributed by atoms with E-state index in [0.717, 1.165) is 0 Å². The van der Waals surface area contributed by atoms with Crippen molar-refractivity contribution >= 4 is 17.1 Å². The Hall–Kier alpha value is -3.00. The van der Waals surface area contributed by atoms with Gasteiger partial charge < -0.3 is 19.3 Å². The third-order valence-corrected chi connectivity index (χ3v) is 6.30. The minimum atomic E-state index is -0.616. The lowest BCUT2D eigenvalue weighted by atomic mass is 9.78. The fraction of sp³-hybridized carbons (Fsp3) is 0.409. The molecule has 0 unspecified atom stereocenters. The largest absolute Gasteiger partial charge is 0.488 e. The second kappa shape index (κ2) is 7.36. The number of likely N-dealkylation sites (tertiary alicyclic amines) is 1. The van der Waals surface area contributed by atoms with Crippen molar-refractivity contribution in [2.24, 2.45) is 18.9 Å². The van der Waals surface area contributed by atoms with Crippen molar-refractivity contribution in [3.05, 3.63) is 54.2 Å². The Kier molecular flexibility index (Phi) is 4.66. The molecule has 5 rings (SSSR count). The van der Waals surface area contributed by atoms with Crippen molar-refractivity contribution in [2.45, 2.75) is 25.0 Å². The Balaban J connectivity index is 1.31. The van der Waals surface area contributed by atoms with Crippen LogP contribution in [0.4, 0.5) is 4.39 Å². The number of pyridine rings is 1. The van der Waals surface area contributed by atoms with Crippen LogP contribution in [0.1, 0.15) is 23.2 Å². The van der Waals surface area contributed by atoms with Crippen LogP contribution in [0.2, 0.25) is 0 Å². The topological polar surface area (TPSA) is 80.5 Å². The van der Waals surface area contributed by atoms with E-state index in [4.69, 9.17) is 4.74 Å². The summed E-state index contributed by atoms with van der Waals surface area (Å²) in [5, 5.41) is 10.6. The molecule has 0 spiro atoms. The molecule has 4 atom stereocenters. The first-order chi connectivity index (χ1) is 14.5. The Labute approximate surface area is 173 Å². The lowest BCUT2D eigenvalue weighted by Gasteiger charge is -2.35. The van der Waals surface area contributed by atoms with Crippen LogP contribution in [-0.4, -0.2) is 55.7 Å². The van der Waals surface area contributed by atoms with E-state index in [1.54, 1.807) is 35.3 Å². The van der Waals surface area contributed by atoms with Gasteiger partial charge in [0.25, 0.3) is 5.91 Å². The van der Waals surface area contributed by atoms with Gasteiger partial charge in [-0.3, -0.25) is 4.79 Å². The Morgan fingerprint density at radius 1 is 1.13 bits per heavy atom. The van der Waals surface area contributed by atoms with Crippen LogP contribution in [0.25, 0.3) is 11.2 Å². The maximum atomic E-state index is 13.2. The highest BCUT2D eigenvalue weighted by Gasteiger charge is 2.44. The summed E-state index contributed by atoms with van der Waals surface area (Å²) in [7, 11) is 1.85. The number of fused-ring (bicyclic) bond motifs is 2. The number of rotatable bonds is 3. The molecule has 3 heterocycles. The second-order valence-electron chi connectivity index (χ2n) is 8.27. The number of amides is 1. The van der Waals surface area contributed by atoms with Crippen LogP contribution in [0.5, 0.6) is 5.75 Å². The van der Waals surface area contributed by atoms with Gasteiger partial charge in [-0.15, -0.1) is 0 Å². The van der Waals surface area contributed by atoms with Crippen LogP contribution < -0.4 is 4.74 Å². The minimum Gasteiger partial charge on any atom is -0.488 e. The molecule has 8 heteroatoms. The number of hydrogen-bond donors (Lipinski definition) is 1. The van der Waals surface area contributed by atoms with Crippen molar-refractivity contribution in [3.63, 3.8) is 0 Å². The van der Waals surface area contributed by atoms with Crippen molar-refractivity contribution < 1.29 is 19.0 Å². The van der Waals surface area contributed by atoms with E-state index < -0.39 is 6.10 Å². The maximum absolute atomic E-state index is 13.2. The fourth-order valence-corrected chi connectivity index (χ4v) is 4.74. The molecule has 0 bridgehead atoms. The summed E-state index contributed by atoms with van der Waals surface area (Å²) < 4.78 is 20.8.